The first-order valence-electron chi connectivity index (χ1n) is 7.84. The number of aromatic nitrogens is 4. The van der Waals surface area contributed by atoms with Crippen LogP contribution in [0.25, 0.3) is 11.0 Å². The fourth-order valence-electron chi connectivity index (χ4n) is 2.61. The highest BCUT2D eigenvalue weighted by Crippen LogP contribution is 2.17. The van der Waals surface area contributed by atoms with Gasteiger partial charge in [-0.1, -0.05) is 11.6 Å². The summed E-state index contributed by atoms with van der Waals surface area (Å²) in [6, 6.07) is 5.23. The first-order chi connectivity index (χ1) is 11.4. The molecule has 1 amide bonds. The van der Waals surface area contributed by atoms with E-state index in [9.17, 15) is 4.79 Å². The van der Waals surface area contributed by atoms with Crippen LogP contribution < -0.4 is 0 Å². The first kappa shape index (κ1) is 16.5. The Bertz CT molecular complexity index is 869. The number of aromatic amines is 1. The molecule has 0 saturated heterocycles. The predicted molar refractivity (Wildman–Crippen MR) is 94.1 cm³/mol. The van der Waals surface area contributed by atoms with Crippen molar-refractivity contribution < 1.29 is 4.79 Å². The van der Waals surface area contributed by atoms with E-state index in [-0.39, 0.29) is 11.9 Å². The minimum Gasteiger partial charge on any atom is -0.343 e. The second-order valence-electron chi connectivity index (χ2n) is 6.03. The molecule has 0 unspecified atom stereocenters. The number of amides is 1. The highest BCUT2D eigenvalue weighted by molar-refractivity contribution is 6.31. The van der Waals surface area contributed by atoms with Gasteiger partial charge < -0.3 is 9.88 Å². The van der Waals surface area contributed by atoms with Crippen LogP contribution in [-0.4, -0.2) is 44.1 Å². The zero-order valence-corrected chi connectivity index (χ0v) is 14.7. The van der Waals surface area contributed by atoms with E-state index in [2.05, 4.69) is 15.1 Å². The van der Waals surface area contributed by atoms with Gasteiger partial charge in [0.15, 0.2) is 0 Å². The summed E-state index contributed by atoms with van der Waals surface area (Å²) in [6.45, 7) is 4.39. The molecule has 0 radical (unpaired) electrons. The molecule has 0 aliphatic carbocycles. The molecule has 2 heterocycles. The fourth-order valence-corrected chi connectivity index (χ4v) is 2.79. The van der Waals surface area contributed by atoms with Gasteiger partial charge in [0, 0.05) is 31.2 Å². The second kappa shape index (κ2) is 6.65. The maximum absolute atomic E-state index is 12.5. The minimum atomic E-state index is -0.321. The smallest absolute Gasteiger partial charge is 0.246 e. The molecule has 0 saturated carbocycles. The van der Waals surface area contributed by atoms with Gasteiger partial charge in [-0.05, 0) is 37.6 Å². The molecule has 3 aromatic rings. The lowest BCUT2D eigenvalue weighted by Gasteiger charge is -2.21. The van der Waals surface area contributed by atoms with Crippen LogP contribution in [0.2, 0.25) is 5.02 Å². The minimum absolute atomic E-state index is 0.0252. The second-order valence-corrected chi connectivity index (χ2v) is 6.46. The largest absolute Gasteiger partial charge is 0.343 e. The zero-order chi connectivity index (χ0) is 17.3. The lowest BCUT2D eigenvalue weighted by atomic mass is 10.2. The van der Waals surface area contributed by atoms with Gasteiger partial charge in [0.1, 0.15) is 11.9 Å². The number of nitrogens with zero attached hydrogens (tertiary/aromatic N) is 4. The number of carbonyl (C=O) groups is 1. The van der Waals surface area contributed by atoms with Gasteiger partial charge in [0.2, 0.25) is 5.91 Å². The Morgan fingerprint density at radius 1 is 1.46 bits per heavy atom. The molecule has 0 spiro atoms. The Balaban J connectivity index is 1.63. The van der Waals surface area contributed by atoms with E-state index < -0.39 is 0 Å². The number of H-pyrrole nitrogens is 1. The number of rotatable bonds is 5. The third kappa shape index (κ3) is 3.43. The number of carbonyl (C=O) groups excluding carboxylic acids is 1. The average molecular weight is 346 g/mol. The summed E-state index contributed by atoms with van der Waals surface area (Å²) in [6.07, 6.45) is 4.28. The average Bonchev–Trinajstić information content (AvgIpc) is 3.16. The Morgan fingerprint density at radius 3 is 2.96 bits per heavy atom. The molecule has 0 aliphatic heterocycles. The van der Waals surface area contributed by atoms with Crippen LogP contribution in [-0.2, 0) is 11.2 Å². The number of likely N-dealkylation sites (N-methyl/N-ethyl adjacent to an activating group) is 1. The van der Waals surface area contributed by atoms with Crippen molar-refractivity contribution >= 4 is 28.5 Å². The van der Waals surface area contributed by atoms with E-state index in [1.807, 2.05) is 38.2 Å². The van der Waals surface area contributed by atoms with Gasteiger partial charge in [-0.25, -0.2) is 4.98 Å². The Hall–Kier alpha value is -2.34. The summed E-state index contributed by atoms with van der Waals surface area (Å²) < 4.78 is 1.69. The summed E-state index contributed by atoms with van der Waals surface area (Å²) in [5.41, 5.74) is 2.83. The van der Waals surface area contributed by atoms with E-state index in [4.69, 9.17) is 11.6 Å². The van der Waals surface area contributed by atoms with Gasteiger partial charge in [0.25, 0.3) is 0 Å². The molecule has 1 atom stereocenters. The number of hydrogen-bond donors (Lipinski definition) is 1. The van der Waals surface area contributed by atoms with Crippen LogP contribution in [0.15, 0.2) is 30.6 Å². The van der Waals surface area contributed by atoms with Crippen molar-refractivity contribution in [1.29, 1.82) is 0 Å². The van der Waals surface area contributed by atoms with Crippen molar-refractivity contribution in [3.05, 3.63) is 47.0 Å². The monoisotopic (exact) mass is 345 g/mol. The maximum atomic E-state index is 12.5. The summed E-state index contributed by atoms with van der Waals surface area (Å²) in [5.74, 6) is 0.867. The summed E-state index contributed by atoms with van der Waals surface area (Å²) in [5, 5.41) is 4.89. The van der Waals surface area contributed by atoms with E-state index in [0.717, 1.165) is 22.4 Å². The van der Waals surface area contributed by atoms with Crippen molar-refractivity contribution in [2.24, 2.45) is 0 Å². The lowest BCUT2D eigenvalue weighted by molar-refractivity contribution is -0.133. The molecule has 2 aromatic heterocycles. The van der Waals surface area contributed by atoms with Crippen molar-refractivity contribution in [1.82, 2.24) is 24.6 Å². The molecule has 6 nitrogen and oxygen atoms in total. The Morgan fingerprint density at radius 2 is 2.25 bits per heavy atom. The summed E-state index contributed by atoms with van der Waals surface area (Å²) in [4.78, 5) is 22.0. The molecule has 1 N–H and O–H groups in total. The number of benzene rings is 1. The molecule has 24 heavy (non-hydrogen) atoms. The third-order valence-electron chi connectivity index (χ3n) is 4.04. The van der Waals surface area contributed by atoms with E-state index >= 15 is 0 Å². The molecule has 0 fully saturated rings. The number of fused-ring (bicyclic) bond motifs is 1. The highest BCUT2D eigenvalue weighted by Gasteiger charge is 2.19. The maximum Gasteiger partial charge on any atom is 0.246 e. The van der Waals surface area contributed by atoms with Crippen LogP contribution in [0.4, 0.5) is 0 Å². The number of hydrogen-bond acceptors (Lipinski definition) is 3. The molecular weight excluding hydrogens is 326 g/mol. The number of imidazole rings is 1. The lowest BCUT2D eigenvalue weighted by Crippen LogP contribution is -2.34. The Kier molecular flexibility index (Phi) is 4.57. The van der Waals surface area contributed by atoms with E-state index in [0.29, 0.717) is 18.0 Å². The fraction of sp³-hybridized carbons (Fsp3) is 0.353. The van der Waals surface area contributed by atoms with E-state index in [1.54, 1.807) is 22.8 Å². The summed E-state index contributed by atoms with van der Waals surface area (Å²) in [7, 11) is 1.80. The molecular formula is C17H20ClN5O. The van der Waals surface area contributed by atoms with Crippen LogP contribution in [0, 0.1) is 6.92 Å². The predicted octanol–water partition coefficient (Wildman–Crippen LogP) is 2.98. The van der Waals surface area contributed by atoms with Crippen LogP contribution >= 0.6 is 11.6 Å². The standard InChI is InChI=1S/C17H20ClN5O/c1-11-9-19-23(10-11)12(2)17(24)22(3)7-6-16-20-14-5-4-13(18)8-15(14)21-16/h4-5,8-10,12H,6-7H2,1-3H3,(H,20,21)/t12-/m0/s1. The highest BCUT2D eigenvalue weighted by atomic mass is 35.5. The molecule has 0 bridgehead atoms. The van der Waals surface area contributed by atoms with Gasteiger partial charge in [-0.15, -0.1) is 0 Å². The van der Waals surface area contributed by atoms with Crippen molar-refractivity contribution in [2.45, 2.75) is 26.3 Å². The van der Waals surface area contributed by atoms with Crippen molar-refractivity contribution in [2.75, 3.05) is 13.6 Å². The third-order valence-corrected chi connectivity index (χ3v) is 4.27. The molecule has 7 heteroatoms. The molecule has 1 aromatic carbocycles. The van der Waals surface area contributed by atoms with Crippen molar-refractivity contribution in [3.8, 4) is 0 Å². The molecule has 126 valence electrons. The van der Waals surface area contributed by atoms with Crippen LogP contribution in [0.1, 0.15) is 24.4 Å². The number of nitrogens with one attached hydrogen (secondary N) is 1. The van der Waals surface area contributed by atoms with Crippen molar-refractivity contribution in [3.63, 3.8) is 0 Å². The topological polar surface area (TPSA) is 66.8 Å². The van der Waals surface area contributed by atoms with Crippen LogP contribution in [0.3, 0.4) is 0 Å². The SMILES string of the molecule is Cc1cnn([C@@H](C)C(=O)N(C)CCc2nc3ccc(Cl)cc3[nH]2)c1. The normalized spacial score (nSPS) is 12.5. The zero-order valence-electron chi connectivity index (χ0n) is 14.0. The summed E-state index contributed by atoms with van der Waals surface area (Å²) >= 11 is 5.98. The first-order valence-corrected chi connectivity index (χ1v) is 8.21. The van der Waals surface area contributed by atoms with Gasteiger partial charge in [-0.3, -0.25) is 9.48 Å². The number of aryl methyl sites for hydroxylation is 1. The quantitative estimate of drug-likeness (QED) is 0.773. The number of halogens is 1. The molecule has 3 rings (SSSR count). The van der Waals surface area contributed by atoms with Gasteiger partial charge in [0.05, 0.1) is 17.2 Å². The molecule has 0 aliphatic rings. The van der Waals surface area contributed by atoms with Crippen LogP contribution in [0.5, 0.6) is 0 Å². The Labute approximate surface area is 145 Å². The van der Waals surface area contributed by atoms with E-state index in [1.165, 1.54) is 0 Å². The van der Waals surface area contributed by atoms with Gasteiger partial charge >= 0.3 is 0 Å². The van der Waals surface area contributed by atoms with Gasteiger partial charge in [-0.2, -0.15) is 5.10 Å².